The highest BCUT2D eigenvalue weighted by molar-refractivity contribution is 6.63. The molecule has 0 aliphatic rings. The van der Waals surface area contributed by atoms with Crippen LogP contribution < -0.4 is 0 Å². The molecule has 66 valence electrons. The zero-order valence-corrected chi connectivity index (χ0v) is 8.65. The molecule has 0 atom stereocenters. The van der Waals surface area contributed by atoms with Gasteiger partial charge in [0.2, 0.25) is 0 Å². The van der Waals surface area contributed by atoms with Crippen LogP contribution in [0.2, 0.25) is 0 Å². The Morgan fingerprint density at radius 1 is 1.08 bits per heavy atom. The van der Waals surface area contributed by atoms with E-state index in [9.17, 15) is 0 Å². The van der Waals surface area contributed by atoms with Crippen LogP contribution in [0.4, 0.5) is 0 Å². The van der Waals surface area contributed by atoms with Crippen molar-refractivity contribution in [2.24, 2.45) is 0 Å². The SMILES string of the molecule is C=Cc1ccccc1.ClC(Cl)Cl. The van der Waals surface area contributed by atoms with E-state index in [0.29, 0.717) is 0 Å². The lowest BCUT2D eigenvalue weighted by Crippen LogP contribution is -1.63. The van der Waals surface area contributed by atoms with Crippen LogP contribution in [0.5, 0.6) is 0 Å². The van der Waals surface area contributed by atoms with E-state index in [0.717, 1.165) is 0 Å². The topological polar surface area (TPSA) is 0 Å². The second-order valence-electron chi connectivity index (χ2n) is 1.86. The van der Waals surface area contributed by atoms with Gasteiger partial charge in [0.15, 0.2) is 4.30 Å². The summed E-state index contributed by atoms with van der Waals surface area (Å²) in [5.74, 6) is 0. The van der Waals surface area contributed by atoms with Crippen molar-refractivity contribution in [3.8, 4) is 0 Å². The van der Waals surface area contributed by atoms with Crippen LogP contribution in [-0.2, 0) is 0 Å². The van der Waals surface area contributed by atoms with E-state index >= 15 is 0 Å². The molecule has 0 bridgehead atoms. The number of rotatable bonds is 1. The highest BCUT2D eigenvalue weighted by Crippen LogP contribution is 2.03. The largest absolute Gasteiger partial charge is 0.180 e. The Morgan fingerprint density at radius 3 is 1.75 bits per heavy atom. The molecule has 0 unspecified atom stereocenters. The Balaban J connectivity index is 0.000000261. The molecule has 0 aromatic heterocycles. The average molecular weight is 224 g/mol. The number of benzene rings is 1. The lowest BCUT2D eigenvalue weighted by atomic mass is 10.2. The van der Waals surface area contributed by atoms with Gasteiger partial charge >= 0.3 is 0 Å². The summed E-state index contributed by atoms with van der Waals surface area (Å²) >= 11 is 14.4. The van der Waals surface area contributed by atoms with Gasteiger partial charge in [-0.3, -0.25) is 0 Å². The second kappa shape index (κ2) is 7.48. The Morgan fingerprint density at radius 2 is 1.50 bits per heavy atom. The molecule has 12 heavy (non-hydrogen) atoms. The van der Waals surface area contributed by atoms with Crippen LogP contribution in [-0.4, -0.2) is 4.30 Å². The molecule has 0 saturated carbocycles. The minimum atomic E-state index is -0.750. The van der Waals surface area contributed by atoms with E-state index in [-0.39, 0.29) is 0 Å². The molecule has 0 nitrogen and oxygen atoms in total. The summed E-state index contributed by atoms with van der Waals surface area (Å²) in [7, 11) is 0. The molecule has 0 aliphatic heterocycles. The maximum atomic E-state index is 4.81. The van der Waals surface area contributed by atoms with Crippen molar-refractivity contribution >= 4 is 40.9 Å². The van der Waals surface area contributed by atoms with E-state index in [1.807, 2.05) is 36.4 Å². The molecule has 0 radical (unpaired) electrons. The summed E-state index contributed by atoms with van der Waals surface area (Å²) < 4.78 is -0.750. The van der Waals surface area contributed by atoms with E-state index < -0.39 is 4.30 Å². The fourth-order valence-corrected chi connectivity index (χ4v) is 0.589. The van der Waals surface area contributed by atoms with Gasteiger partial charge < -0.3 is 0 Å². The molecule has 0 aliphatic carbocycles. The van der Waals surface area contributed by atoms with Crippen LogP contribution in [0.1, 0.15) is 5.56 Å². The molecule has 3 heteroatoms. The van der Waals surface area contributed by atoms with Gasteiger partial charge in [-0.25, -0.2) is 0 Å². The molecule has 0 saturated heterocycles. The van der Waals surface area contributed by atoms with Gasteiger partial charge in [0.1, 0.15) is 0 Å². The molecular weight excluding hydrogens is 214 g/mol. The maximum absolute atomic E-state index is 4.81. The van der Waals surface area contributed by atoms with Gasteiger partial charge in [0, 0.05) is 0 Å². The highest BCUT2D eigenvalue weighted by Gasteiger charge is 1.79. The molecule has 0 heterocycles. The molecule has 0 fully saturated rings. The van der Waals surface area contributed by atoms with E-state index in [4.69, 9.17) is 34.8 Å². The number of halogens is 3. The fraction of sp³-hybridized carbons (Fsp3) is 0.111. The molecule has 1 rings (SSSR count). The van der Waals surface area contributed by atoms with Gasteiger partial charge in [-0.15, -0.1) is 0 Å². The lowest BCUT2D eigenvalue weighted by molar-refractivity contribution is 1.67. The number of hydrogen-bond acceptors (Lipinski definition) is 0. The minimum Gasteiger partial charge on any atom is -0.0985 e. The first kappa shape index (κ1) is 11.8. The molecule has 1 aromatic rings. The molecule has 0 N–H and O–H groups in total. The third kappa shape index (κ3) is 7.93. The Bertz CT molecular complexity index is 204. The van der Waals surface area contributed by atoms with Crippen LogP contribution in [0.3, 0.4) is 0 Å². The summed E-state index contributed by atoms with van der Waals surface area (Å²) in [6.45, 7) is 3.63. The van der Waals surface area contributed by atoms with E-state index in [1.54, 1.807) is 0 Å². The first-order valence-corrected chi connectivity index (χ1v) is 4.57. The summed E-state index contributed by atoms with van der Waals surface area (Å²) in [4.78, 5) is 0. The van der Waals surface area contributed by atoms with Gasteiger partial charge in [-0.1, -0.05) is 77.8 Å². The standard InChI is InChI=1S/C8H8.CHCl3/c1-2-8-6-4-3-5-7-8;2-1(3)4/h2-7H,1H2;1H. The molecule has 0 amide bonds. The van der Waals surface area contributed by atoms with E-state index in [1.165, 1.54) is 5.56 Å². The van der Waals surface area contributed by atoms with Gasteiger partial charge in [-0.2, -0.15) is 0 Å². The van der Waals surface area contributed by atoms with Crippen molar-refractivity contribution in [1.29, 1.82) is 0 Å². The zero-order chi connectivity index (χ0) is 9.40. The molecule has 0 spiro atoms. The van der Waals surface area contributed by atoms with Crippen LogP contribution in [0.25, 0.3) is 6.08 Å². The summed E-state index contributed by atoms with van der Waals surface area (Å²) in [5.41, 5.74) is 1.17. The Hall–Kier alpha value is -0.170. The smallest absolute Gasteiger partial charge is 0.0985 e. The van der Waals surface area contributed by atoms with Gasteiger partial charge in [-0.05, 0) is 5.56 Å². The van der Waals surface area contributed by atoms with Gasteiger partial charge in [0.25, 0.3) is 0 Å². The van der Waals surface area contributed by atoms with Crippen molar-refractivity contribution in [2.75, 3.05) is 0 Å². The van der Waals surface area contributed by atoms with Crippen molar-refractivity contribution in [3.05, 3.63) is 42.5 Å². The normalized spacial score (nSPS) is 8.67. The van der Waals surface area contributed by atoms with Crippen molar-refractivity contribution in [3.63, 3.8) is 0 Å². The Labute approximate surface area is 87.8 Å². The first-order chi connectivity index (χ1) is 5.66. The van der Waals surface area contributed by atoms with Crippen LogP contribution in [0, 0.1) is 0 Å². The van der Waals surface area contributed by atoms with Crippen molar-refractivity contribution in [1.82, 2.24) is 0 Å². The minimum absolute atomic E-state index is 0.750. The van der Waals surface area contributed by atoms with Crippen molar-refractivity contribution < 1.29 is 0 Å². The van der Waals surface area contributed by atoms with Gasteiger partial charge in [0.05, 0.1) is 0 Å². The summed E-state index contributed by atoms with van der Waals surface area (Å²) in [5, 5.41) is 0. The third-order valence-electron chi connectivity index (χ3n) is 1.04. The average Bonchev–Trinajstić information content (AvgIpc) is 2.05. The second-order valence-corrected chi connectivity index (χ2v) is 3.84. The molecule has 1 aromatic carbocycles. The zero-order valence-electron chi connectivity index (χ0n) is 6.38. The van der Waals surface area contributed by atoms with E-state index in [2.05, 4.69) is 6.58 Å². The first-order valence-electron chi connectivity index (χ1n) is 3.26. The quantitative estimate of drug-likeness (QED) is 0.622. The number of alkyl halides is 3. The highest BCUT2D eigenvalue weighted by atomic mass is 35.6. The maximum Gasteiger partial charge on any atom is 0.180 e. The summed E-state index contributed by atoms with van der Waals surface area (Å²) in [6, 6.07) is 10.0. The predicted octanol–water partition coefficient (Wildman–Crippen LogP) is 4.32. The van der Waals surface area contributed by atoms with Crippen LogP contribution in [0.15, 0.2) is 36.9 Å². The Kier molecular flexibility index (Phi) is 7.37. The van der Waals surface area contributed by atoms with Crippen LogP contribution >= 0.6 is 34.8 Å². The lowest BCUT2D eigenvalue weighted by Gasteiger charge is -1.85. The predicted molar refractivity (Wildman–Crippen MR) is 57.9 cm³/mol. The fourth-order valence-electron chi connectivity index (χ4n) is 0.589. The number of hydrogen-bond donors (Lipinski definition) is 0. The monoisotopic (exact) mass is 222 g/mol. The molecular formula is C9H9Cl3. The third-order valence-corrected chi connectivity index (χ3v) is 1.04. The van der Waals surface area contributed by atoms with Crippen molar-refractivity contribution in [2.45, 2.75) is 4.30 Å². The summed E-state index contributed by atoms with van der Waals surface area (Å²) in [6.07, 6.45) is 1.83.